The zero-order valence-electron chi connectivity index (χ0n) is 27.0. The third kappa shape index (κ3) is 3.76. The lowest BCUT2D eigenvalue weighted by Gasteiger charge is -2.11. The Hall–Kier alpha value is -6.78. The van der Waals surface area contributed by atoms with Crippen LogP contribution in [-0.4, -0.2) is 19.1 Å². The number of rotatable bonds is 3. The number of para-hydroxylation sites is 3. The van der Waals surface area contributed by atoms with E-state index >= 15 is 0 Å². The fourth-order valence-electron chi connectivity index (χ4n) is 8.20. The van der Waals surface area contributed by atoms with Crippen molar-refractivity contribution in [2.24, 2.45) is 0 Å². The quantitative estimate of drug-likeness (QED) is 0.181. The molecule has 0 bridgehead atoms. The summed E-state index contributed by atoms with van der Waals surface area (Å²) in [6.07, 6.45) is 1.94. The molecule has 0 atom stereocenters. The molecule has 0 radical (unpaired) electrons. The number of nitrogens with zero attached hydrogens (tertiary/aromatic N) is 4. The van der Waals surface area contributed by atoms with Crippen molar-refractivity contribution in [3.8, 4) is 22.6 Å². The van der Waals surface area contributed by atoms with E-state index in [1.165, 1.54) is 48.9 Å². The summed E-state index contributed by atoms with van der Waals surface area (Å²) < 4.78 is 4.79. The van der Waals surface area contributed by atoms with Crippen LogP contribution in [-0.2, 0) is 0 Å². The standard InChI is InChI=1S/C46H28N4/c1-3-13-30(14-4-1)49-39-22-12-11-21-36(39)43-41(49)25-26-42-44(43)37-27-29(23-24-40(37)50(42)31-15-5-2-6-16-31)38-28-47-45-34-19-9-7-17-32(34)33-18-8-10-20-35(33)46(45)48-38/h1-28H. The van der Waals surface area contributed by atoms with Crippen molar-refractivity contribution in [3.63, 3.8) is 0 Å². The van der Waals surface area contributed by atoms with Gasteiger partial charge in [0.2, 0.25) is 0 Å². The van der Waals surface area contributed by atoms with E-state index in [-0.39, 0.29) is 0 Å². The molecule has 4 nitrogen and oxygen atoms in total. The predicted octanol–water partition coefficient (Wildman–Crippen LogP) is 11.8. The Morgan fingerprint density at radius 3 is 1.48 bits per heavy atom. The highest BCUT2D eigenvalue weighted by atomic mass is 15.0. The highest BCUT2D eigenvalue weighted by Crippen LogP contribution is 2.43. The molecule has 232 valence electrons. The normalized spacial score (nSPS) is 12.0. The Labute approximate surface area is 287 Å². The van der Waals surface area contributed by atoms with Crippen LogP contribution in [0.2, 0.25) is 0 Å². The fraction of sp³-hybridized carbons (Fsp3) is 0. The summed E-state index contributed by atoms with van der Waals surface area (Å²) >= 11 is 0. The lowest BCUT2D eigenvalue weighted by atomic mass is 9.99. The SMILES string of the molecule is c1ccc(-n2c3ccccc3c3c4c5cc(-c6cnc7c8ccccc8c8ccccc8c7n6)ccc5n(-c5ccccc5)c4ccc32)cc1. The van der Waals surface area contributed by atoms with E-state index in [0.29, 0.717) is 0 Å². The van der Waals surface area contributed by atoms with Gasteiger partial charge < -0.3 is 9.13 Å². The monoisotopic (exact) mass is 636 g/mol. The molecule has 0 N–H and O–H groups in total. The van der Waals surface area contributed by atoms with Crippen LogP contribution in [0.25, 0.3) is 98.8 Å². The molecule has 0 amide bonds. The summed E-state index contributed by atoms with van der Waals surface area (Å²) in [5.74, 6) is 0. The first-order valence-electron chi connectivity index (χ1n) is 17.0. The second kappa shape index (κ2) is 10.4. The van der Waals surface area contributed by atoms with Gasteiger partial charge in [-0.1, -0.05) is 109 Å². The van der Waals surface area contributed by atoms with E-state index in [1.807, 2.05) is 6.20 Å². The molecule has 4 heteroatoms. The molecule has 11 aromatic rings. The maximum absolute atomic E-state index is 5.36. The first-order chi connectivity index (χ1) is 24.8. The van der Waals surface area contributed by atoms with E-state index in [4.69, 9.17) is 9.97 Å². The van der Waals surface area contributed by atoms with Crippen LogP contribution in [0.5, 0.6) is 0 Å². The van der Waals surface area contributed by atoms with Crippen LogP contribution < -0.4 is 0 Å². The molecule has 0 spiro atoms. The highest BCUT2D eigenvalue weighted by Gasteiger charge is 2.21. The third-order valence-electron chi connectivity index (χ3n) is 10.3. The molecule has 3 heterocycles. The Morgan fingerprint density at radius 1 is 0.360 bits per heavy atom. The van der Waals surface area contributed by atoms with Gasteiger partial charge in [-0.2, -0.15) is 0 Å². The zero-order chi connectivity index (χ0) is 32.8. The average molecular weight is 637 g/mol. The summed E-state index contributed by atoms with van der Waals surface area (Å²) in [6, 6.07) is 58.5. The van der Waals surface area contributed by atoms with E-state index in [2.05, 4.69) is 173 Å². The first kappa shape index (κ1) is 27.2. The summed E-state index contributed by atoms with van der Waals surface area (Å²) in [7, 11) is 0. The van der Waals surface area contributed by atoms with Crippen molar-refractivity contribution in [2.45, 2.75) is 0 Å². The minimum absolute atomic E-state index is 0.860. The second-order valence-electron chi connectivity index (χ2n) is 13.0. The molecular formula is C46H28N4. The van der Waals surface area contributed by atoms with Gasteiger partial charge in [-0.3, -0.25) is 4.98 Å². The number of fused-ring (bicyclic) bond motifs is 13. The Morgan fingerprint density at radius 2 is 0.840 bits per heavy atom. The molecule has 0 aliphatic carbocycles. The van der Waals surface area contributed by atoms with Crippen LogP contribution >= 0.6 is 0 Å². The summed E-state index contributed by atoms with van der Waals surface area (Å²) in [5, 5.41) is 9.55. The van der Waals surface area contributed by atoms with Crippen molar-refractivity contribution in [1.82, 2.24) is 19.1 Å². The summed E-state index contributed by atoms with van der Waals surface area (Å²) in [6.45, 7) is 0. The fourth-order valence-corrected chi connectivity index (χ4v) is 8.20. The predicted molar refractivity (Wildman–Crippen MR) is 209 cm³/mol. The van der Waals surface area contributed by atoms with Crippen molar-refractivity contribution >= 4 is 76.2 Å². The van der Waals surface area contributed by atoms with Crippen molar-refractivity contribution in [1.29, 1.82) is 0 Å². The van der Waals surface area contributed by atoms with Gasteiger partial charge in [-0.15, -0.1) is 0 Å². The van der Waals surface area contributed by atoms with Gasteiger partial charge in [-0.25, -0.2) is 4.98 Å². The number of hydrogen-bond acceptors (Lipinski definition) is 2. The zero-order valence-corrected chi connectivity index (χ0v) is 27.0. The van der Waals surface area contributed by atoms with Gasteiger partial charge in [0.05, 0.1) is 45.0 Å². The number of hydrogen-bond donors (Lipinski definition) is 0. The smallest absolute Gasteiger partial charge is 0.0979 e. The molecule has 3 aromatic heterocycles. The number of benzene rings is 8. The Bertz CT molecular complexity index is 3100. The van der Waals surface area contributed by atoms with Crippen LogP contribution in [0.15, 0.2) is 170 Å². The van der Waals surface area contributed by atoms with Crippen molar-refractivity contribution in [3.05, 3.63) is 170 Å². The van der Waals surface area contributed by atoms with Gasteiger partial charge in [-0.05, 0) is 65.4 Å². The highest BCUT2D eigenvalue weighted by molar-refractivity contribution is 6.29. The van der Waals surface area contributed by atoms with Crippen LogP contribution in [0.4, 0.5) is 0 Å². The topological polar surface area (TPSA) is 35.6 Å². The second-order valence-corrected chi connectivity index (χ2v) is 13.0. The summed E-state index contributed by atoms with van der Waals surface area (Å²) in [5.41, 5.74) is 10.8. The molecule has 0 fully saturated rings. The summed E-state index contributed by atoms with van der Waals surface area (Å²) in [4.78, 5) is 10.4. The van der Waals surface area contributed by atoms with Crippen molar-refractivity contribution < 1.29 is 0 Å². The molecule has 0 unspecified atom stereocenters. The molecule has 0 aliphatic heterocycles. The van der Waals surface area contributed by atoms with Gasteiger partial charge in [0, 0.05) is 49.3 Å². The third-order valence-corrected chi connectivity index (χ3v) is 10.3. The maximum Gasteiger partial charge on any atom is 0.0979 e. The molecular weight excluding hydrogens is 609 g/mol. The number of aromatic nitrogens is 4. The van der Waals surface area contributed by atoms with Gasteiger partial charge in [0.1, 0.15) is 0 Å². The lowest BCUT2D eigenvalue weighted by Crippen LogP contribution is -1.94. The minimum Gasteiger partial charge on any atom is -0.309 e. The van der Waals surface area contributed by atoms with E-state index in [1.54, 1.807) is 0 Å². The average Bonchev–Trinajstić information content (AvgIpc) is 3.71. The van der Waals surface area contributed by atoms with Gasteiger partial charge >= 0.3 is 0 Å². The van der Waals surface area contributed by atoms with Gasteiger partial charge in [0.25, 0.3) is 0 Å². The van der Waals surface area contributed by atoms with Crippen LogP contribution in [0.1, 0.15) is 0 Å². The minimum atomic E-state index is 0.860. The lowest BCUT2D eigenvalue weighted by molar-refractivity contribution is 1.17. The van der Waals surface area contributed by atoms with E-state index < -0.39 is 0 Å². The molecule has 11 rings (SSSR count). The van der Waals surface area contributed by atoms with Crippen LogP contribution in [0, 0.1) is 0 Å². The van der Waals surface area contributed by atoms with E-state index in [0.717, 1.165) is 50.0 Å². The molecule has 8 aromatic carbocycles. The molecule has 0 saturated carbocycles. The Kier molecular flexibility index (Phi) is 5.63. The molecule has 0 aliphatic rings. The van der Waals surface area contributed by atoms with Crippen molar-refractivity contribution in [2.75, 3.05) is 0 Å². The Balaban J connectivity index is 1.25. The van der Waals surface area contributed by atoms with E-state index in [9.17, 15) is 0 Å². The molecule has 0 saturated heterocycles. The first-order valence-corrected chi connectivity index (χ1v) is 17.0. The molecule has 50 heavy (non-hydrogen) atoms. The van der Waals surface area contributed by atoms with Crippen LogP contribution in [0.3, 0.4) is 0 Å². The van der Waals surface area contributed by atoms with Gasteiger partial charge in [0.15, 0.2) is 0 Å². The maximum atomic E-state index is 5.36. The largest absolute Gasteiger partial charge is 0.309 e.